The standard InChI is InChI=1S/C26H49N7/c1-18-13-20(15-26(7,8)33(18)12)31(10)22-27-19(2)28-23(29-22)32(11)21-14-24(3,4)17-30(9)25(5,6)16-21/h18,20-21H,13-17H2,1-12H3. The summed E-state index contributed by atoms with van der Waals surface area (Å²) in [7, 11) is 8.83. The highest BCUT2D eigenvalue weighted by atomic mass is 15.4. The molecule has 2 fully saturated rings. The SMILES string of the molecule is Cc1nc(N(C)C2CC(C)(C)CN(C)C(C)(C)C2)nc(N(C)C2CC(C)N(C)C(C)(C)C2)n1. The Bertz CT molecular complexity index is 834. The Morgan fingerprint density at radius 2 is 1.30 bits per heavy atom. The van der Waals surface area contributed by atoms with E-state index >= 15 is 0 Å². The van der Waals surface area contributed by atoms with Gasteiger partial charge in [0.25, 0.3) is 0 Å². The minimum atomic E-state index is 0.129. The number of hydrogen-bond acceptors (Lipinski definition) is 7. The number of likely N-dealkylation sites (tertiary alicyclic amines) is 2. The average molecular weight is 460 g/mol. The fourth-order valence-electron chi connectivity index (χ4n) is 5.98. The third-order valence-corrected chi connectivity index (χ3v) is 8.64. The van der Waals surface area contributed by atoms with Crippen LogP contribution in [0, 0.1) is 12.3 Å². The summed E-state index contributed by atoms with van der Waals surface area (Å²) in [6.07, 6.45) is 4.41. The third kappa shape index (κ3) is 5.61. The van der Waals surface area contributed by atoms with Crippen LogP contribution in [0.15, 0.2) is 0 Å². The van der Waals surface area contributed by atoms with Gasteiger partial charge >= 0.3 is 0 Å². The summed E-state index contributed by atoms with van der Waals surface area (Å²) in [5.74, 6) is 2.38. The molecule has 0 spiro atoms. The number of aryl methyl sites for hydroxylation is 1. The Labute approximate surface area is 203 Å². The van der Waals surface area contributed by atoms with Crippen molar-refractivity contribution in [3.8, 4) is 0 Å². The number of piperidine rings is 1. The summed E-state index contributed by atoms with van der Waals surface area (Å²) in [5.41, 5.74) is 0.519. The smallest absolute Gasteiger partial charge is 0.230 e. The van der Waals surface area contributed by atoms with Crippen molar-refractivity contribution < 1.29 is 0 Å². The molecule has 0 radical (unpaired) electrons. The molecule has 1 aromatic heterocycles. The lowest BCUT2D eigenvalue weighted by molar-refractivity contribution is 0.0476. The van der Waals surface area contributed by atoms with E-state index in [1.54, 1.807) is 0 Å². The van der Waals surface area contributed by atoms with Gasteiger partial charge in [-0.3, -0.25) is 4.90 Å². The van der Waals surface area contributed by atoms with E-state index in [1.165, 1.54) is 0 Å². The number of anilines is 2. The van der Waals surface area contributed by atoms with Gasteiger partial charge in [0, 0.05) is 49.8 Å². The van der Waals surface area contributed by atoms with E-state index in [9.17, 15) is 0 Å². The number of nitrogens with zero attached hydrogens (tertiary/aromatic N) is 7. The van der Waals surface area contributed by atoms with Gasteiger partial charge in [-0.2, -0.15) is 15.0 Å². The molecule has 2 aliphatic rings. The normalized spacial score (nSPS) is 30.0. The maximum absolute atomic E-state index is 5.02. The van der Waals surface area contributed by atoms with Crippen LogP contribution < -0.4 is 9.80 Å². The van der Waals surface area contributed by atoms with Gasteiger partial charge in [-0.25, -0.2) is 0 Å². The third-order valence-electron chi connectivity index (χ3n) is 8.64. The molecule has 7 heteroatoms. The van der Waals surface area contributed by atoms with E-state index in [4.69, 9.17) is 15.0 Å². The molecular formula is C26H49N7. The predicted octanol–water partition coefficient (Wildman–Crippen LogP) is 4.21. The zero-order valence-electron chi connectivity index (χ0n) is 23.4. The molecule has 0 bridgehead atoms. The highest BCUT2D eigenvalue weighted by Gasteiger charge is 2.41. The second-order valence-corrected chi connectivity index (χ2v) is 13.0. The highest BCUT2D eigenvalue weighted by Crippen LogP contribution is 2.38. The largest absolute Gasteiger partial charge is 0.341 e. The minimum absolute atomic E-state index is 0.129. The molecule has 0 N–H and O–H groups in total. The molecule has 1 aromatic rings. The van der Waals surface area contributed by atoms with Gasteiger partial charge in [0.1, 0.15) is 5.82 Å². The molecule has 7 nitrogen and oxygen atoms in total. The summed E-state index contributed by atoms with van der Waals surface area (Å²) < 4.78 is 0. The number of hydrogen-bond donors (Lipinski definition) is 0. The van der Waals surface area contributed by atoms with E-state index in [1.807, 2.05) is 6.92 Å². The first-order valence-electron chi connectivity index (χ1n) is 12.6. The molecule has 0 saturated carbocycles. The molecule has 0 aromatic carbocycles. The molecule has 0 aliphatic carbocycles. The molecular weight excluding hydrogens is 410 g/mol. The van der Waals surface area contributed by atoms with Gasteiger partial charge < -0.3 is 14.7 Å². The molecule has 2 saturated heterocycles. The summed E-state index contributed by atoms with van der Waals surface area (Å²) >= 11 is 0. The molecule has 2 aliphatic heterocycles. The van der Waals surface area contributed by atoms with Crippen molar-refractivity contribution in [3.05, 3.63) is 5.82 Å². The van der Waals surface area contributed by atoms with Crippen LogP contribution in [-0.4, -0.2) is 88.7 Å². The topological polar surface area (TPSA) is 51.6 Å². The monoisotopic (exact) mass is 459 g/mol. The molecule has 0 amide bonds. The van der Waals surface area contributed by atoms with Crippen LogP contribution >= 0.6 is 0 Å². The van der Waals surface area contributed by atoms with Crippen molar-refractivity contribution in [2.75, 3.05) is 44.5 Å². The van der Waals surface area contributed by atoms with Crippen LogP contribution in [0.25, 0.3) is 0 Å². The van der Waals surface area contributed by atoms with E-state index < -0.39 is 0 Å². The van der Waals surface area contributed by atoms with E-state index in [-0.39, 0.29) is 16.5 Å². The van der Waals surface area contributed by atoms with Crippen LogP contribution in [0.2, 0.25) is 0 Å². The van der Waals surface area contributed by atoms with E-state index in [0.717, 1.165) is 49.9 Å². The maximum Gasteiger partial charge on any atom is 0.230 e. The van der Waals surface area contributed by atoms with Crippen molar-refractivity contribution in [2.24, 2.45) is 5.41 Å². The summed E-state index contributed by atoms with van der Waals surface area (Å²) in [4.78, 5) is 24.2. The Morgan fingerprint density at radius 1 is 0.788 bits per heavy atom. The highest BCUT2D eigenvalue weighted by molar-refractivity contribution is 5.40. The lowest BCUT2D eigenvalue weighted by Crippen LogP contribution is -2.57. The maximum atomic E-state index is 5.02. The zero-order chi connectivity index (χ0) is 24.9. The lowest BCUT2D eigenvalue weighted by atomic mass is 9.83. The van der Waals surface area contributed by atoms with Crippen molar-refractivity contribution in [1.29, 1.82) is 0 Å². The zero-order valence-corrected chi connectivity index (χ0v) is 23.4. The fourth-order valence-corrected chi connectivity index (χ4v) is 5.98. The van der Waals surface area contributed by atoms with Gasteiger partial charge in [-0.1, -0.05) is 13.8 Å². The first kappa shape index (κ1) is 26.1. The van der Waals surface area contributed by atoms with Crippen LogP contribution in [0.4, 0.5) is 11.9 Å². The first-order chi connectivity index (χ1) is 15.0. The van der Waals surface area contributed by atoms with Crippen molar-refractivity contribution in [2.45, 2.75) is 110 Å². The van der Waals surface area contributed by atoms with Crippen molar-refractivity contribution in [1.82, 2.24) is 24.8 Å². The second kappa shape index (κ2) is 8.95. The van der Waals surface area contributed by atoms with Gasteiger partial charge in [0.2, 0.25) is 11.9 Å². The minimum Gasteiger partial charge on any atom is -0.341 e. The summed E-state index contributed by atoms with van der Waals surface area (Å²) in [6, 6.07) is 1.32. The van der Waals surface area contributed by atoms with Gasteiger partial charge in [-0.15, -0.1) is 0 Å². The Kier molecular flexibility index (Phi) is 7.09. The van der Waals surface area contributed by atoms with Crippen LogP contribution in [0.3, 0.4) is 0 Å². The molecule has 3 rings (SSSR count). The molecule has 188 valence electrons. The quantitative estimate of drug-likeness (QED) is 0.668. The number of rotatable bonds is 4. The van der Waals surface area contributed by atoms with Crippen LogP contribution in [0.1, 0.15) is 80.0 Å². The molecule has 3 unspecified atom stereocenters. The van der Waals surface area contributed by atoms with E-state index in [0.29, 0.717) is 18.1 Å². The van der Waals surface area contributed by atoms with Gasteiger partial charge in [0.05, 0.1) is 0 Å². The van der Waals surface area contributed by atoms with E-state index in [2.05, 4.69) is 96.3 Å². The summed E-state index contributed by atoms with van der Waals surface area (Å²) in [5, 5.41) is 0. The van der Waals surface area contributed by atoms with Crippen molar-refractivity contribution >= 4 is 11.9 Å². The lowest BCUT2D eigenvalue weighted by Gasteiger charge is -2.49. The first-order valence-corrected chi connectivity index (χ1v) is 12.6. The average Bonchev–Trinajstić information content (AvgIpc) is 2.76. The van der Waals surface area contributed by atoms with Crippen molar-refractivity contribution in [3.63, 3.8) is 0 Å². The van der Waals surface area contributed by atoms with Gasteiger partial charge in [0.15, 0.2) is 0 Å². The number of aromatic nitrogens is 3. The van der Waals surface area contributed by atoms with Gasteiger partial charge in [-0.05, 0) is 86.7 Å². The Morgan fingerprint density at radius 3 is 1.85 bits per heavy atom. The predicted molar refractivity (Wildman–Crippen MR) is 139 cm³/mol. The Balaban J connectivity index is 1.88. The molecule has 33 heavy (non-hydrogen) atoms. The molecule has 3 heterocycles. The Hall–Kier alpha value is -1.47. The van der Waals surface area contributed by atoms with Crippen LogP contribution in [-0.2, 0) is 0 Å². The summed E-state index contributed by atoms with van der Waals surface area (Å²) in [6.45, 7) is 19.6. The fraction of sp³-hybridized carbons (Fsp3) is 0.885. The van der Waals surface area contributed by atoms with Crippen LogP contribution in [0.5, 0.6) is 0 Å². The second-order valence-electron chi connectivity index (χ2n) is 13.0. The molecule has 3 atom stereocenters.